The number of pyridine rings is 3. The molecule has 1 fully saturated rings. The van der Waals surface area contributed by atoms with Crippen LogP contribution in [0.4, 0.5) is 16.2 Å². The molecule has 3 aromatic heterocycles. The molecule has 7 heteroatoms. The fourth-order valence-corrected chi connectivity index (χ4v) is 3.95. The van der Waals surface area contributed by atoms with Crippen molar-refractivity contribution in [3.05, 3.63) is 70.4 Å². The number of anilines is 2. The van der Waals surface area contributed by atoms with Gasteiger partial charge < -0.3 is 15.2 Å². The Bertz CT molecular complexity index is 1390. The zero-order valence-electron chi connectivity index (χ0n) is 17.5. The van der Waals surface area contributed by atoms with E-state index in [9.17, 15) is 9.59 Å². The number of hydrogen-bond acceptors (Lipinski definition) is 4. The number of hydrogen-bond donors (Lipinski definition) is 2. The van der Waals surface area contributed by atoms with Crippen LogP contribution >= 0.6 is 0 Å². The molecule has 0 bridgehead atoms. The molecule has 4 aromatic rings. The van der Waals surface area contributed by atoms with Crippen molar-refractivity contribution in [2.75, 3.05) is 10.6 Å². The number of aromatic nitrogens is 3. The van der Waals surface area contributed by atoms with Gasteiger partial charge in [0.1, 0.15) is 5.52 Å². The van der Waals surface area contributed by atoms with Crippen LogP contribution in [-0.2, 0) is 6.54 Å². The first-order chi connectivity index (χ1) is 15.0. The van der Waals surface area contributed by atoms with E-state index in [0.717, 1.165) is 28.7 Å². The number of fused-ring (bicyclic) bond motifs is 2. The van der Waals surface area contributed by atoms with Crippen molar-refractivity contribution in [1.29, 1.82) is 0 Å². The lowest BCUT2D eigenvalue weighted by atomic mass is 10.1. The predicted molar refractivity (Wildman–Crippen MR) is 123 cm³/mol. The summed E-state index contributed by atoms with van der Waals surface area (Å²) in [6.45, 7) is 4.64. The highest BCUT2D eigenvalue weighted by molar-refractivity contribution is 6.05. The molecule has 1 aromatic carbocycles. The van der Waals surface area contributed by atoms with Gasteiger partial charge in [-0.15, -0.1) is 0 Å². The number of nitrogens with one attached hydrogen (secondary N) is 2. The lowest BCUT2D eigenvalue weighted by Gasteiger charge is -2.12. The van der Waals surface area contributed by atoms with Crippen molar-refractivity contribution in [3.63, 3.8) is 0 Å². The van der Waals surface area contributed by atoms with E-state index >= 15 is 0 Å². The highest BCUT2D eigenvalue weighted by Gasteiger charge is 2.22. The summed E-state index contributed by atoms with van der Waals surface area (Å²) in [4.78, 5) is 34.4. The minimum atomic E-state index is -0.400. The second-order valence-corrected chi connectivity index (χ2v) is 8.23. The normalized spacial score (nSPS) is 13.5. The number of benzene rings is 1. The molecule has 1 saturated carbocycles. The molecule has 0 atom stereocenters. The van der Waals surface area contributed by atoms with E-state index in [-0.39, 0.29) is 5.56 Å². The van der Waals surface area contributed by atoms with Gasteiger partial charge >= 0.3 is 6.03 Å². The van der Waals surface area contributed by atoms with Crippen molar-refractivity contribution in [1.82, 2.24) is 14.5 Å². The van der Waals surface area contributed by atoms with Gasteiger partial charge in [-0.05, 0) is 73.9 Å². The molecule has 3 heterocycles. The van der Waals surface area contributed by atoms with Gasteiger partial charge in [-0.3, -0.25) is 14.8 Å². The summed E-state index contributed by atoms with van der Waals surface area (Å²) >= 11 is 0. The molecule has 31 heavy (non-hydrogen) atoms. The average Bonchev–Trinajstić information content (AvgIpc) is 3.55. The van der Waals surface area contributed by atoms with E-state index < -0.39 is 6.03 Å². The third kappa shape index (κ3) is 3.86. The van der Waals surface area contributed by atoms with Gasteiger partial charge in [-0.1, -0.05) is 6.07 Å². The van der Waals surface area contributed by atoms with Crippen molar-refractivity contribution in [2.45, 2.75) is 33.2 Å². The number of aryl methyl sites for hydroxylation is 2. The van der Waals surface area contributed by atoms with E-state index in [2.05, 4.69) is 20.6 Å². The Morgan fingerprint density at radius 2 is 1.97 bits per heavy atom. The third-order valence-electron chi connectivity index (χ3n) is 5.63. The number of nitrogens with zero attached hydrogens (tertiary/aromatic N) is 3. The van der Waals surface area contributed by atoms with Gasteiger partial charge in [0.25, 0.3) is 5.56 Å². The maximum atomic E-state index is 13.0. The van der Waals surface area contributed by atoms with E-state index in [1.807, 2.05) is 44.3 Å². The first kappa shape index (κ1) is 19.2. The SMILES string of the molecule is Cc1cc(NC(=O)Nc2ccc3c(C)cn(CC4CC4)c(=O)c3c2)c2ncccc2n1. The number of urea groups is 1. The molecule has 2 amide bonds. The second-order valence-electron chi connectivity index (χ2n) is 8.23. The molecule has 0 spiro atoms. The van der Waals surface area contributed by atoms with Crippen molar-refractivity contribution in [2.24, 2.45) is 5.92 Å². The lowest BCUT2D eigenvalue weighted by molar-refractivity contribution is 0.262. The average molecular weight is 413 g/mol. The van der Waals surface area contributed by atoms with Crippen LogP contribution in [0.5, 0.6) is 0 Å². The molecule has 2 N–H and O–H groups in total. The maximum absolute atomic E-state index is 13.0. The molecule has 5 rings (SSSR count). The largest absolute Gasteiger partial charge is 0.323 e. The van der Waals surface area contributed by atoms with Gasteiger partial charge in [0.05, 0.1) is 11.2 Å². The Balaban J connectivity index is 1.43. The fourth-order valence-electron chi connectivity index (χ4n) is 3.95. The predicted octanol–water partition coefficient (Wildman–Crippen LogP) is 4.62. The molecule has 0 aliphatic heterocycles. The summed E-state index contributed by atoms with van der Waals surface area (Å²) in [6.07, 6.45) is 5.97. The maximum Gasteiger partial charge on any atom is 0.323 e. The van der Waals surface area contributed by atoms with Gasteiger partial charge in [-0.25, -0.2) is 4.79 Å². The van der Waals surface area contributed by atoms with Crippen LogP contribution in [0.3, 0.4) is 0 Å². The van der Waals surface area contributed by atoms with Crippen LogP contribution in [0.25, 0.3) is 21.8 Å². The molecule has 0 unspecified atom stereocenters. The highest BCUT2D eigenvalue weighted by atomic mass is 16.2. The summed E-state index contributed by atoms with van der Waals surface area (Å²) < 4.78 is 1.80. The Labute approximate surface area is 179 Å². The number of carbonyl (C=O) groups excluding carboxylic acids is 1. The molecular formula is C24H23N5O2. The minimum Gasteiger partial charge on any atom is -0.314 e. The molecule has 1 aliphatic rings. The monoisotopic (exact) mass is 413 g/mol. The minimum absolute atomic E-state index is 0.0171. The Morgan fingerprint density at radius 1 is 1.13 bits per heavy atom. The fraction of sp³-hybridized carbons (Fsp3) is 0.250. The Morgan fingerprint density at radius 3 is 2.77 bits per heavy atom. The van der Waals surface area contributed by atoms with Gasteiger partial charge in [0.2, 0.25) is 0 Å². The summed E-state index contributed by atoms with van der Waals surface area (Å²) in [5, 5.41) is 7.22. The first-order valence-corrected chi connectivity index (χ1v) is 10.4. The molecular weight excluding hydrogens is 390 g/mol. The van der Waals surface area contributed by atoms with Gasteiger partial charge in [-0.2, -0.15) is 0 Å². The molecule has 7 nitrogen and oxygen atoms in total. The molecule has 1 aliphatic carbocycles. The second kappa shape index (κ2) is 7.50. The van der Waals surface area contributed by atoms with E-state index in [1.54, 1.807) is 22.9 Å². The lowest BCUT2D eigenvalue weighted by Crippen LogP contribution is -2.22. The smallest absolute Gasteiger partial charge is 0.314 e. The zero-order valence-corrected chi connectivity index (χ0v) is 17.5. The first-order valence-electron chi connectivity index (χ1n) is 10.4. The Kier molecular flexibility index (Phi) is 4.66. The van der Waals surface area contributed by atoms with Crippen LogP contribution in [0.1, 0.15) is 24.1 Å². The Hall–Kier alpha value is -3.74. The number of amides is 2. The standard InChI is InChI=1S/C24H23N5O2/c1-14-12-29(13-16-5-6-16)23(30)19-11-17(7-8-18(14)19)27-24(31)28-21-10-15(2)26-20-4-3-9-25-22(20)21/h3-4,7-12,16H,5-6,13H2,1-2H3,(H2,26,27,28,31). The van der Waals surface area contributed by atoms with E-state index in [0.29, 0.717) is 28.2 Å². The third-order valence-corrected chi connectivity index (χ3v) is 5.63. The van der Waals surface area contributed by atoms with Crippen LogP contribution in [-0.4, -0.2) is 20.6 Å². The van der Waals surface area contributed by atoms with Crippen LogP contribution in [0.15, 0.2) is 53.6 Å². The zero-order chi connectivity index (χ0) is 21.5. The van der Waals surface area contributed by atoms with Crippen molar-refractivity contribution < 1.29 is 4.79 Å². The van der Waals surface area contributed by atoms with Gasteiger partial charge in [0, 0.05) is 35.7 Å². The van der Waals surface area contributed by atoms with Crippen molar-refractivity contribution in [3.8, 4) is 0 Å². The summed E-state index contributed by atoms with van der Waals surface area (Å²) in [5.74, 6) is 0.605. The van der Waals surface area contributed by atoms with Crippen molar-refractivity contribution >= 4 is 39.2 Å². The number of rotatable bonds is 4. The van der Waals surface area contributed by atoms with Crippen LogP contribution in [0, 0.1) is 19.8 Å². The van der Waals surface area contributed by atoms with E-state index in [4.69, 9.17) is 0 Å². The molecule has 156 valence electrons. The molecule has 0 radical (unpaired) electrons. The summed E-state index contributed by atoms with van der Waals surface area (Å²) in [5.41, 5.74) is 4.31. The number of carbonyl (C=O) groups is 1. The van der Waals surface area contributed by atoms with E-state index in [1.165, 1.54) is 12.8 Å². The molecule has 0 saturated heterocycles. The van der Waals surface area contributed by atoms with Crippen LogP contribution in [0.2, 0.25) is 0 Å². The van der Waals surface area contributed by atoms with Gasteiger partial charge in [0.15, 0.2) is 0 Å². The van der Waals surface area contributed by atoms with Crippen LogP contribution < -0.4 is 16.2 Å². The summed E-state index contributed by atoms with van der Waals surface area (Å²) in [7, 11) is 0. The topological polar surface area (TPSA) is 88.9 Å². The summed E-state index contributed by atoms with van der Waals surface area (Å²) in [6, 6.07) is 10.5. The highest BCUT2D eigenvalue weighted by Crippen LogP contribution is 2.30. The quantitative estimate of drug-likeness (QED) is 0.511.